The lowest BCUT2D eigenvalue weighted by Gasteiger charge is -2.08. The van der Waals surface area contributed by atoms with E-state index in [2.05, 4.69) is 17.6 Å². The normalized spacial score (nSPS) is 10.1. The van der Waals surface area contributed by atoms with E-state index in [0.29, 0.717) is 36.5 Å². The van der Waals surface area contributed by atoms with Gasteiger partial charge in [-0.3, -0.25) is 9.59 Å². The lowest BCUT2D eigenvalue weighted by atomic mass is 10.1. The number of alkyl halides is 1. The van der Waals surface area contributed by atoms with Gasteiger partial charge in [0.2, 0.25) is 5.91 Å². The second-order valence-corrected chi connectivity index (χ2v) is 4.91. The summed E-state index contributed by atoms with van der Waals surface area (Å²) < 4.78 is 0. The standard InChI is InChI=1S/C15H21ClN2O2/c1-2-3-10-17-15(20)12-6-4-7-13(11-12)18-14(19)8-5-9-16/h4,6-7,11H,2-3,5,8-10H2,1H3,(H,17,20)(H,18,19). The molecule has 1 rings (SSSR count). The van der Waals surface area contributed by atoms with Gasteiger partial charge < -0.3 is 10.6 Å². The van der Waals surface area contributed by atoms with Crippen LogP contribution in [0.15, 0.2) is 24.3 Å². The van der Waals surface area contributed by atoms with Crippen LogP contribution in [-0.4, -0.2) is 24.2 Å². The molecule has 0 saturated carbocycles. The van der Waals surface area contributed by atoms with Crippen LogP contribution < -0.4 is 10.6 Å². The van der Waals surface area contributed by atoms with Crippen LogP contribution in [-0.2, 0) is 4.79 Å². The zero-order valence-electron chi connectivity index (χ0n) is 11.7. The number of unbranched alkanes of at least 4 members (excludes halogenated alkanes) is 1. The van der Waals surface area contributed by atoms with Crippen LogP contribution in [0.2, 0.25) is 0 Å². The smallest absolute Gasteiger partial charge is 0.251 e. The van der Waals surface area contributed by atoms with E-state index in [1.165, 1.54) is 0 Å². The third-order valence-electron chi connectivity index (χ3n) is 2.76. The molecule has 0 aliphatic rings. The summed E-state index contributed by atoms with van der Waals surface area (Å²) in [5.74, 6) is 0.261. The van der Waals surface area contributed by atoms with E-state index in [1.54, 1.807) is 24.3 Å². The van der Waals surface area contributed by atoms with Crippen molar-refractivity contribution in [3.05, 3.63) is 29.8 Å². The van der Waals surface area contributed by atoms with Gasteiger partial charge in [-0.15, -0.1) is 11.6 Å². The molecule has 1 aromatic carbocycles. The molecule has 0 unspecified atom stereocenters. The number of carbonyl (C=O) groups excluding carboxylic acids is 2. The van der Waals surface area contributed by atoms with Gasteiger partial charge in [0.1, 0.15) is 0 Å². The average Bonchev–Trinajstić information content (AvgIpc) is 2.45. The van der Waals surface area contributed by atoms with Crippen molar-refractivity contribution in [1.82, 2.24) is 5.32 Å². The molecule has 0 fully saturated rings. The fourth-order valence-corrected chi connectivity index (χ4v) is 1.80. The maximum atomic E-state index is 11.9. The van der Waals surface area contributed by atoms with Gasteiger partial charge in [0.25, 0.3) is 5.91 Å². The Labute approximate surface area is 124 Å². The van der Waals surface area contributed by atoms with Gasteiger partial charge in [-0.1, -0.05) is 19.4 Å². The minimum absolute atomic E-state index is 0.0887. The number of hydrogen-bond acceptors (Lipinski definition) is 2. The summed E-state index contributed by atoms with van der Waals surface area (Å²) in [4.78, 5) is 23.5. The Kier molecular flexibility index (Phi) is 7.73. The number of amides is 2. The van der Waals surface area contributed by atoms with Gasteiger partial charge in [-0.05, 0) is 31.0 Å². The highest BCUT2D eigenvalue weighted by molar-refractivity contribution is 6.18. The van der Waals surface area contributed by atoms with Crippen LogP contribution in [0.5, 0.6) is 0 Å². The molecule has 110 valence electrons. The second-order valence-electron chi connectivity index (χ2n) is 4.53. The molecule has 0 aromatic heterocycles. The first-order chi connectivity index (χ1) is 9.67. The van der Waals surface area contributed by atoms with Crippen molar-refractivity contribution < 1.29 is 9.59 Å². The summed E-state index contributed by atoms with van der Waals surface area (Å²) in [7, 11) is 0. The average molecular weight is 297 g/mol. The molecule has 0 aliphatic heterocycles. The minimum atomic E-state index is -0.115. The molecule has 2 amide bonds. The molecular weight excluding hydrogens is 276 g/mol. The maximum Gasteiger partial charge on any atom is 0.251 e. The minimum Gasteiger partial charge on any atom is -0.352 e. The van der Waals surface area contributed by atoms with Gasteiger partial charge >= 0.3 is 0 Å². The zero-order chi connectivity index (χ0) is 14.8. The molecule has 2 N–H and O–H groups in total. The van der Waals surface area contributed by atoms with Gasteiger partial charge in [0, 0.05) is 30.1 Å². The zero-order valence-corrected chi connectivity index (χ0v) is 12.5. The molecule has 0 saturated heterocycles. The van der Waals surface area contributed by atoms with Crippen LogP contribution in [0, 0.1) is 0 Å². The molecular formula is C15H21ClN2O2. The van der Waals surface area contributed by atoms with Gasteiger partial charge in [0.05, 0.1) is 0 Å². The molecule has 0 bridgehead atoms. The molecule has 4 nitrogen and oxygen atoms in total. The van der Waals surface area contributed by atoms with Crippen molar-refractivity contribution in [2.24, 2.45) is 0 Å². The topological polar surface area (TPSA) is 58.2 Å². The fraction of sp³-hybridized carbons (Fsp3) is 0.467. The summed E-state index contributed by atoms with van der Waals surface area (Å²) in [6.07, 6.45) is 3.03. The second kappa shape index (κ2) is 9.37. The Morgan fingerprint density at radius 1 is 1.25 bits per heavy atom. The van der Waals surface area contributed by atoms with Crippen LogP contribution in [0.25, 0.3) is 0 Å². The third kappa shape index (κ3) is 6.06. The maximum absolute atomic E-state index is 11.9. The SMILES string of the molecule is CCCCNC(=O)c1cccc(NC(=O)CCCCl)c1. The Morgan fingerprint density at radius 2 is 2.05 bits per heavy atom. The van der Waals surface area contributed by atoms with Gasteiger partial charge in [-0.25, -0.2) is 0 Å². The number of rotatable bonds is 8. The van der Waals surface area contributed by atoms with Crippen molar-refractivity contribution in [1.29, 1.82) is 0 Å². The van der Waals surface area contributed by atoms with Crippen molar-refractivity contribution in [3.8, 4) is 0 Å². The van der Waals surface area contributed by atoms with Crippen LogP contribution in [0.1, 0.15) is 43.0 Å². The summed E-state index contributed by atoms with van der Waals surface area (Å²) in [6, 6.07) is 6.93. The highest BCUT2D eigenvalue weighted by Crippen LogP contribution is 2.11. The fourth-order valence-electron chi connectivity index (χ4n) is 1.67. The van der Waals surface area contributed by atoms with Crippen molar-refractivity contribution >= 4 is 29.1 Å². The Bertz CT molecular complexity index is 449. The number of benzene rings is 1. The van der Waals surface area contributed by atoms with E-state index < -0.39 is 0 Å². The van der Waals surface area contributed by atoms with E-state index in [0.717, 1.165) is 12.8 Å². The Balaban J connectivity index is 2.56. The van der Waals surface area contributed by atoms with Crippen molar-refractivity contribution in [2.45, 2.75) is 32.6 Å². The molecule has 0 spiro atoms. The first-order valence-electron chi connectivity index (χ1n) is 6.91. The molecule has 0 heterocycles. The third-order valence-corrected chi connectivity index (χ3v) is 3.03. The van der Waals surface area contributed by atoms with Crippen LogP contribution in [0.3, 0.4) is 0 Å². The Morgan fingerprint density at radius 3 is 2.75 bits per heavy atom. The van der Waals surface area contributed by atoms with Crippen LogP contribution in [0.4, 0.5) is 5.69 Å². The summed E-state index contributed by atoms with van der Waals surface area (Å²) >= 11 is 5.54. The highest BCUT2D eigenvalue weighted by Gasteiger charge is 2.07. The molecule has 20 heavy (non-hydrogen) atoms. The summed E-state index contributed by atoms with van der Waals surface area (Å²) in [5, 5.41) is 5.61. The number of anilines is 1. The quantitative estimate of drug-likeness (QED) is 0.572. The van der Waals surface area contributed by atoms with Crippen molar-refractivity contribution in [3.63, 3.8) is 0 Å². The monoisotopic (exact) mass is 296 g/mol. The predicted octanol–water partition coefficient (Wildman–Crippen LogP) is 3.17. The van der Waals surface area contributed by atoms with E-state index in [1.807, 2.05) is 0 Å². The molecule has 5 heteroatoms. The molecule has 0 aliphatic carbocycles. The van der Waals surface area contributed by atoms with Crippen molar-refractivity contribution in [2.75, 3.05) is 17.7 Å². The van der Waals surface area contributed by atoms with E-state index >= 15 is 0 Å². The number of halogens is 1. The lowest BCUT2D eigenvalue weighted by molar-refractivity contribution is -0.116. The first kappa shape index (κ1) is 16.5. The van der Waals surface area contributed by atoms with E-state index in [4.69, 9.17) is 11.6 Å². The number of nitrogens with one attached hydrogen (secondary N) is 2. The molecule has 0 radical (unpaired) electrons. The molecule has 0 atom stereocenters. The largest absolute Gasteiger partial charge is 0.352 e. The van der Waals surface area contributed by atoms with Gasteiger partial charge in [-0.2, -0.15) is 0 Å². The van der Waals surface area contributed by atoms with E-state index in [9.17, 15) is 9.59 Å². The summed E-state index contributed by atoms with van der Waals surface area (Å²) in [5.41, 5.74) is 1.18. The van der Waals surface area contributed by atoms with Gasteiger partial charge in [0.15, 0.2) is 0 Å². The van der Waals surface area contributed by atoms with Crippen LogP contribution >= 0.6 is 11.6 Å². The Hall–Kier alpha value is -1.55. The number of carbonyl (C=O) groups is 2. The highest BCUT2D eigenvalue weighted by atomic mass is 35.5. The van der Waals surface area contributed by atoms with E-state index in [-0.39, 0.29) is 11.8 Å². The summed E-state index contributed by atoms with van der Waals surface area (Å²) in [6.45, 7) is 2.74. The predicted molar refractivity (Wildman–Crippen MR) is 82.3 cm³/mol. The lowest BCUT2D eigenvalue weighted by Crippen LogP contribution is -2.24. The first-order valence-corrected chi connectivity index (χ1v) is 7.45. The molecule has 1 aromatic rings. The number of hydrogen-bond donors (Lipinski definition) is 2.